The Balaban J connectivity index is 0. The lowest BCUT2D eigenvalue weighted by atomic mass is 10.1. The van der Waals surface area contributed by atoms with Gasteiger partial charge in [-0.25, -0.2) is 0 Å². The number of unbranched alkanes of at least 4 members (excludes halogenated alkanes) is 9. The van der Waals surface area contributed by atoms with Crippen molar-refractivity contribution in [3.8, 4) is 0 Å². The van der Waals surface area contributed by atoms with Crippen LogP contribution < -0.4 is 0 Å². The predicted octanol–water partition coefficient (Wildman–Crippen LogP) is 4.71. The second kappa shape index (κ2) is 19.5. The molecule has 0 atom stereocenters. The predicted molar refractivity (Wildman–Crippen MR) is 93.2 cm³/mol. The number of carboxylic acids is 3. The summed E-state index contributed by atoms with van der Waals surface area (Å²) < 4.78 is 0. The normalized spacial score (nSPS) is 9.88. The Morgan fingerprint density at radius 2 is 0.750 bits per heavy atom. The van der Waals surface area contributed by atoms with Crippen LogP contribution >= 0.6 is 0 Å². The van der Waals surface area contributed by atoms with Crippen LogP contribution in [0, 0.1) is 0 Å². The lowest BCUT2D eigenvalue weighted by molar-refractivity contribution is -0.139. The van der Waals surface area contributed by atoms with Crippen LogP contribution in [0.2, 0.25) is 0 Å². The van der Waals surface area contributed by atoms with Crippen molar-refractivity contribution in [3.05, 3.63) is 0 Å². The van der Waals surface area contributed by atoms with E-state index in [9.17, 15) is 14.4 Å². The number of hydrogen-bond donors (Lipinski definition) is 3. The molecule has 24 heavy (non-hydrogen) atoms. The number of rotatable bonds is 15. The maximum atomic E-state index is 10.2. The molecule has 0 aliphatic heterocycles. The molecule has 6 heteroatoms. The Morgan fingerprint density at radius 1 is 0.500 bits per heavy atom. The van der Waals surface area contributed by atoms with Gasteiger partial charge in [0, 0.05) is 19.3 Å². The van der Waals surface area contributed by atoms with Gasteiger partial charge < -0.3 is 15.3 Å². The largest absolute Gasteiger partial charge is 0.481 e. The van der Waals surface area contributed by atoms with Crippen molar-refractivity contribution in [2.24, 2.45) is 0 Å². The number of carbonyl (C=O) groups is 3. The topological polar surface area (TPSA) is 112 Å². The molecule has 0 fully saturated rings. The summed E-state index contributed by atoms with van der Waals surface area (Å²) in [5.41, 5.74) is 0. The highest BCUT2D eigenvalue weighted by atomic mass is 16.4. The zero-order chi connectivity index (χ0) is 18.6. The minimum Gasteiger partial charge on any atom is -0.481 e. The molecule has 0 bridgehead atoms. The zero-order valence-corrected chi connectivity index (χ0v) is 15.0. The fourth-order valence-electron chi connectivity index (χ4n) is 2.14. The summed E-state index contributed by atoms with van der Waals surface area (Å²) in [4.78, 5) is 30.0. The van der Waals surface area contributed by atoms with Crippen molar-refractivity contribution >= 4 is 17.9 Å². The van der Waals surface area contributed by atoms with Crippen molar-refractivity contribution in [3.63, 3.8) is 0 Å². The van der Waals surface area contributed by atoms with Gasteiger partial charge in [0.2, 0.25) is 0 Å². The molecule has 0 amide bonds. The van der Waals surface area contributed by atoms with Crippen LogP contribution in [0.15, 0.2) is 0 Å². The van der Waals surface area contributed by atoms with Crippen molar-refractivity contribution in [1.29, 1.82) is 0 Å². The minimum absolute atomic E-state index is 0.0628. The van der Waals surface area contributed by atoms with Gasteiger partial charge in [-0.2, -0.15) is 0 Å². The average molecular weight is 346 g/mol. The van der Waals surface area contributed by atoms with Crippen molar-refractivity contribution in [1.82, 2.24) is 0 Å². The number of aliphatic carboxylic acids is 3. The lowest BCUT2D eigenvalue weighted by Crippen LogP contribution is -1.97. The molecule has 3 N–H and O–H groups in total. The molecule has 0 rings (SSSR count). The number of hydrogen-bond acceptors (Lipinski definition) is 3. The van der Waals surface area contributed by atoms with Crippen molar-refractivity contribution < 1.29 is 29.7 Å². The highest BCUT2D eigenvalue weighted by Crippen LogP contribution is 2.10. The molecular formula is C18H34O6. The van der Waals surface area contributed by atoms with E-state index in [4.69, 9.17) is 15.3 Å². The van der Waals surface area contributed by atoms with Gasteiger partial charge in [0.25, 0.3) is 0 Å². The van der Waals surface area contributed by atoms with Crippen LogP contribution in [0.5, 0.6) is 0 Å². The molecule has 0 radical (unpaired) electrons. The Kier molecular flexibility index (Phi) is 20.0. The molecule has 0 unspecified atom stereocenters. The van der Waals surface area contributed by atoms with E-state index in [-0.39, 0.29) is 12.8 Å². The molecule has 0 aromatic carbocycles. The van der Waals surface area contributed by atoms with E-state index in [2.05, 4.69) is 6.92 Å². The average Bonchev–Trinajstić information content (AvgIpc) is 2.50. The van der Waals surface area contributed by atoms with Crippen LogP contribution in [0.3, 0.4) is 0 Å². The SMILES string of the molecule is CCCCCCCCCCCC(=O)O.O=C(O)CCCCC(=O)O. The van der Waals surface area contributed by atoms with E-state index in [0.29, 0.717) is 19.3 Å². The monoisotopic (exact) mass is 346 g/mol. The lowest BCUT2D eigenvalue weighted by Gasteiger charge is -2.00. The summed E-state index contributed by atoms with van der Waals surface area (Å²) in [7, 11) is 0. The molecule has 0 aromatic heterocycles. The van der Waals surface area contributed by atoms with Gasteiger partial charge in [0.05, 0.1) is 0 Å². The summed E-state index contributed by atoms with van der Waals surface area (Å²) in [5.74, 6) is -2.40. The summed E-state index contributed by atoms with van der Waals surface area (Å²) in [6, 6.07) is 0. The van der Waals surface area contributed by atoms with E-state index in [1.54, 1.807) is 0 Å². The first-order chi connectivity index (χ1) is 11.4. The molecule has 0 aromatic rings. The zero-order valence-electron chi connectivity index (χ0n) is 15.0. The van der Waals surface area contributed by atoms with Crippen LogP contribution in [-0.4, -0.2) is 33.2 Å². The first-order valence-electron chi connectivity index (χ1n) is 9.05. The van der Waals surface area contributed by atoms with E-state index < -0.39 is 17.9 Å². The smallest absolute Gasteiger partial charge is 0.303 e. The van der Waals surface area contributed by atoms with Gasteiger partial charge >= 0.3 is 17.9 Å². The van der Waals surface area contributed by atoms with Crippen molar-refractivity contribution in [2.45, 2.75) is 96.8 Å². The van der Waals surface area contributed by atoms with Crippen LogP contribution in [0.1, 0.15) is 96.8 Å². The van der Waals surface area contributed by atoms with E-state index >= 15 is 0 Å². The minimum atomic E-state index is -0.870. The highest BCUT2D eigenvalue weighted by molar-refractivity contribution is 5.68. The third kappa shape index (κ3) is 28.6. The first-order valence-corrected chi connectivity index (χ1v) is 9.05. The molecule has 0 heterocycles. The molecule has 0 saturated carbocycles. The summed E-state index contributed by atoms with van der Waals surface area (Å²) in [6.45, 7) is 2.23. The van der Waals surface area contributed by atoms with E-state index in [1.807, 2.05) is 0 Å². The maximum absolute atomic E-state index is 10.2. The van der Waals surface area contributed by atoms with Gasteiger partial charge in [-0.15, -0.1) is 0 Å². The Morgan fingerprint density at radius 3 is 1.04 bits per heavy atom. The first kappa shape index (κ1) is 24.7. The standard InChI is InChI=1S/C12H24O2.C6H10O4/c1-2-3-4-5-6-7-8-9-10-11-12(13)14;7-5(8)3-1-2-4-6(9)10/h2-11H2,1H3,(H,13,14);1-4H2,(H,7,8)(H,9,10). The molecule has 0 aliphatic rings. The van der Waals surface area contributed by atoms with Gasteiger partial charge in [-0.3, -0.25) is 14.4 Å². The summed E-state index contributed by atoms with van der Waals surface area (Å²) in [6.07, 6.45) is 12.5. The Hall–Kier alpha value is -1.59. The van der Waals surface area contributed by atoms with E-state index in [1.165, 1.54) is 44.9 Å². The number of carboxylic acid groups (broad SMARTS) is 3. The highest BCUT2D eigenvalue weighted by Gasteiger charge is 1.99. The molecule has 0 spiro atoms. The van der Waals surface area contributed by atoms with Crippen LogP contribution in [0.4, 0.5) is 0 Å². The second-order valence-electron chi connectivity index (χ2n) is 5.97. The Bertz CT molecular complexity index is 311. The molecule has 6 nitrogen and oxygen atoms in total. The fourth-order valence-corrected chi connectivity index (χ4v) is 2.14. The third-order valence-electron chi connectivity index (χ3n) is 3.53. The van der Waals surface area contributed by atoms with E-state index in [0.717, 1.165) is 12.8 Å². The molecule has 0 saturated heterocycles. The van der Waals surface area contributed by atoms with Gasteiger partial charge in [-0.05, 0) is 19.3 Å². The van der Waals surface area contributed by atoms with Gasteiger partial charge in [0.1, 0.15) is 0 Å². The van der Waals surface area contributed by atoms with Crippen molar-refractivity contribution in [2.75, 3.05) is 0 Å². The van der Waals surface area contributed by atoms with Crippen LogP contribution in [-0.2, 0) is 14.4 Å². The molecular weight excluding hydrogens is 312 g/mol. The maximum Gasteiger partial charge on any atom is 0.303 e. The third-order valence-corrected chi connectivity index (χ3v) is 3.53. The second-order valence-corrected chi connectivity index (χ2v) is 5.97. The summed E-state index contributed by atoms with van der Waals surface area (Å²) >= 11 is 0. The fraction of sp³-hybridized carbons (Fsp3) is 0.833. The Labute approximate surface area is 145 Å². The molecule has 0 aliphatic carbocycles. The molecule has 142 valence electrons. The van der Waals surface area contributed by atoms with Crippen LogP contribution in [0.25, 0.3) is 0 Å². The quantitative estimate of drug-likeness (QED) is 0.370. The summed E-state index contributed by atoms with van der Waals surface area (Å²) in [5, 5.41) is 24.7. The van der Waals surface area contributed by atoms with Gasteiger partial charge in [0.15, 0.2) is 0 Å². The van der Waals surface area contributed by atoms with Gasteiger partial charge in [-0.1, -0.05) is 58.3 Å².